The van der Waals surface area contributed by atoms with Gasteiger partial charge < -0.3 is 29.2 Å². The summed E-state index contributed by atoms with van der Waals surface area (Å²) in [7, 11) is 0. The second kappa shape index (κ2) is 18.7. The van der Waals surface area contributed by atoms with Gasteiger partial charge in [-0.25, -0.2) is 0 Å². The van der Waals surface area contributed by atoms with Gasteiger partial charge in [-0.2, -0.15) is 0 Å². The Morgan fingerprint density at radius 2 is 0.900 bits per heavy atom. The van der Waals surface area contributed by atoms with Gasteiger partial charge in [0.05, 0.1) is 66.3 Å². The minimum absolute atomic E-state index is 0.110. The lowest BCUT2D eigenvalue weighted by Gasteiger charge is -2.08. The Kier molecular flexibility index (Phi) is 18.4. The minimum Gasteiger partial charge on any atom is -0.395 e. The SMILES string of the molecule is OCCNCOCCOCCOCCOCNCCO. The number of aliphatic hydroxyl groups excluding tert-OH is 2. The molecule has 0 saturated heterocycles. The molecule has 0 bridgehead atoms. The summed E-state index contributed by atoms with van der Waals surface area (Å²) in [6, 6.07) is 0. The largest absolute Gasteiger partial charge is 0.395 e. The number of ether oxygens (including phenoxy) is 4. The topological polar surface area (TPSA) is 101 Å². The molecular weight excluding hydrogens is 268 g/mol. The number of rotatable bonds is 17. The van der Waals surface area contributed by atoms with Crippen molar-refractivity contribution in [3.8, 4) is 0 Å². The molecule has 0 saturated carbocycles. The average Bonchev–Trinajstić information content (AvgIpc) is 2.47. The highest BCUT2D eigenvalue weighted by Gasteiger charge is 1.92. The van der Waals surface area contributed by atoms with E-state index in [2.05, 4.69) is 10.6 Å². The average molecular weight is 296 g/mol. The van der Waals surface area contributed by atoms with Crippen LogP contribution in [0, 0.1) is 0 Å². The van der Waals surface area contributed by atoms with Gasteiger partial charge in [0.15, 0.2) is 0 Å². The zero-order chi connectivity index (χ0) is 14.7. The lowest BCUT2D eigenvalue weighted by molar-refractivity contribution is -0.00604. The van der Waals surface area contributed by atoms with E-state index in [9.17, 15) is 0 Å². The maximum atomic E-state index is 8.50. The molecule has 20 heavy (non-hydrogen) atoms. The van der Waals surface area contributed by atoms with Crippen molar-refractivity contribution in [2.45, 2.75) is 0 Å². The number of hydrogen-bond donors (Lipinski definition) is 4. The van der Waals surface area contributed by atoms with Crippen LogP contribution in [0.15, 0.2) is 0 Å². The van der Waals surface area contributed by atoms with Crippen LogP contribution >= 0.6 is 0 Å². The number of aliphatic hydroxyl groups is 2. The normalized spacial score (nSPS) is 11.1. The number of nitrogens with one attached hydrogen (secondary N) is 2. The first-order valence-electron chi connectivity index (χ1n) is 6.86. The van der Waals surface area contributed by atoms with Crippen LogP contribution in [0.3, 0.4) is 0 Å². The molecule has 0 rings (SSSR count). The fourth-order valence-electron chi connectivity index (χ4n) is 1.15. The molecule has 0 aromatic rings. The molecule has 0 heterocycles. The van der Waals surface area contributed by atoms with Crippen molar-refractivity contribution in [3.05, 3.63) is 0 Å². The Bertz CT molecular complexity index is 158. The summed E-state index contributed by atoms with van der Waals surface area (Å²) in [6.45, 7) is 5.24. The van der Waals surface area contributed by atoms with Gasteiger partial charge in [0.2, 0.25) is 0 Å². The van der Waals surface area contributed by atoms with Crippen LogP contribution < -0.4 is 10.6 Å². The molecule has 8 heteroatoms. The monoisotopic (exact) mass is 296 g/mol. The van der Waals surface area contributed by atoms with Crippen molar-refractivity contribution in [2.24, 2.45) is 0 Å². The van der Waals surface area contributed by atoms with E-state index in [1.807, 2.05) is 0 Å². The van der Waals surface area contributed by atoms with Gasteiger partial charge in [0, 0.05) is 13.1 Å². The molecule has 0 aromatic carbocycles. The van der Waals surface area contributed by atoms with Crippen molar-refractivity contribution in [2.75, 3.05) is 79.4 Å². The van der Waals surface area contributed by atoms with Crippen molar-refractivity contribution in [3.63, 3.8) is 0 Å². The molecule has 0 unspecified atom stereocenters. The van der Waals surface area contributed by atoms with Crippen LogP contribution in [0.4, 0.5) is 0 Å². The van der Waals surface area contributed by atoms with E-state index >= 15 is 0 Å². The molecule has 122 valence electrons. The van der Waals surface area contributed by atoms with Crippen molar-refractivity contribution >= 4 is 0 Å². The summed E-state index contributed by atoms with van der Waals surface area (Å²) in [5, 5.41) is 22.8. The predicted molar refractivity (Wildman–Crippen MR) is 73.5 cm³/mol. The summed E-state index contributed by atoms with van der Waals surface area (Å²) >= 11 is 0. The summed E-state index contributed by atoms with van der Waals surface area (Å²) in [5.74, 6) is 0. The van der Waals surface area contributed by atoms with E-state index in [1.54, 1.807) is 0 Å². The molecule has 0 spiro atoms. The second-order valence-electron chi connectivity index (χ2n) is 3.78. The van der Waals surface area contributed by atoms with Crippen LogP contribution in [-0.4, -0.2) is 89.6 Å². The molecule has 0 aliphatic heterocycles. The van der Waals surface area contributed by atoms with Crippen LogP contribution in [0.2, 0.25) is 0 Å². The van der Waals surface area contributed by atoms with Crippen molar-refractivity contribution in [1.29, 1.82) is 0 Å². The Labute approximate surface area is 120 Å². The maximum Gasteiger partial charge on any atom is 0.0967 e. The van der Waals surface area contributed by atoms with Crippen LogP contribution in [0.1, 0.15) is 0 Å². The summed E-state index contributed by atoms with van der Waals surface area (Å²) < 4.78 is 21.0. The van der Waals surface area contributed by atoms with Gasteiger partial charge in [-0.05, 0) is 0 Å². The zero-order valence-electron chi connectivity index (χ0n) is 12.0. The van der Waals surface area contributed by atoms with Crippen LogP contribution in [0.25, 0.3) is 0 Å². The Balaban J connectivity index is 2.89. The summed E-state index contributed by atoms with van der Waals surface area (Å²) in [6.07, 6.45) is 0. The molecule has 4 N–H and O–H groups in total. The van der Waals surface area contributed by atoms with Gasteiger partial charge in [-0.15, -0.1) is 0 Å². The lowest BCUT2D eigenvalue weighted by Crippen LogP contribution is -2.23. The van der Waals surface area contributed by atoms with Gasteiger partial charge in [-0.3, -0.25) is 10.6 Å². The second-order valence-corrected chi connectivity index (χ2v) is 3.78. The third-order valence-corrected chi connectivity index (χ3v) is 2.10. The molecule has 0 amide bonds. The molecule has 0 fully saturated rings. The Morgan fingerprint density at radius 1 is 0.550 bits per heavy atom. The highest BCUT2D eigenvalue weighted by Crippen LogP contribution is 1.81. The highest BCUT2D eigenvalue weighted by atomic mass is 16.6. The molecule has 0 atom stereocenters. The van der Waals surface area contributed by atoms with Crippen molar-refractivity contribution < 1.29 is 29.2 Å². The third-order valence-electron chi connectivity index (χ3n) is 2.10. The number of hydrogen-bond acceptors (Lipinski definition) is 8. The summed E-state index contributed by atoms with van der Waals surface area (Å²) in [5.41, 5.74) is 0. The molecule has 8 nitrogen and oxygen atoms in total. The van der Waals surface area contributed by atoms with E-state index < -0.39 is 0 Å². The lowest BCUT2D eigenvalue weighted by atomic mass is 10.7. The first kappa shape index (κ1) is 19.7. The summed E-state index contributed by atoms with van der Waals surface area (Å²) in [4.78, 5) is 0. The Morgan fingerprint density at radius 3 is 1.25 bits per heavy atom. The van der Waals surface area contributed by atoms with Gasteiger partial charge in [0.1, 0.15) is 0 Å². The van der Waals surface area contributed by atoms with Crippen LogP contribution in [0.5, 0.6) is 0 Å². The van der Waals surface area contributed by atoms with Gasteiger partial charge >= 0.3 is 0 Å². The van der Waals surface area contributed by atoms with Crippen molar-refractivity contribution in [1.82, 2.24) is 10.6 Å². The maximum absolute atomic E-state index is 8.50. The minimum atomic E-state index is 0.110. The molecular formula is C12H28N2O6. The van der Waals surface area contributed by atoms with Gasteiger partial charge in [0.25, 0.3) is 0 Å². The van der Waals surface area contributed by atoms with E-state index in [-0.39, 0.29) is 13.2 Å². The third kappa shape index (κ3) is 17.7. The van der Waals surface area contributed by atoms with Crippen LogP contribution in [-0.2, 0) is 18.9 Å². The Hall–Kier alpha value is -0.320. The smallest absolute Gasteiger partial charge is 0.0967 e. The molecule has 0 radical (unpaired) electrons. The molecule has 0 aliphatic rings. The highest BCUT2D eigenvalue weighted by molar-refractivity contribution is 4.38. The van der Waals surface area contributed by atoms with Gasteiger partial charge in [-0.1, -0.05) is 0 Å². The predicted octanol–water partition coefficient (Wildman–Crippen LogP) is -1.87. The fourth-order valence-corrected chi connectivity index (χ4v) is 1.15. The first-order valence-corrected chi connectivity index (χ1v) is 6.86. The quantitative estimate of drug-likeness (QED) is 0.183. The molecule has 0 aliphatic carbocycles. The van der Waals surface area contributed by atoms with E-state index in [4.69, 9.17) is 29.2 Å². The standard InChI is InChI=1S/C12H28N2O6/c15-3-1-13-11-19-9-7-17-5-6-18-8-10-20-12-14-2-4-16/h13-16H,1-12H2. The van der Waals surface area contributed by atoms with E-state index in [0.717, 1.165) is 0 Å². The fraction of sp³-hybridized carbons (Fsp3) is 1.00. The van der Waals surface area contributed by atoms with E-state index in [1.165, 1.54) is 0 Å². The first-order chi connectivity index (χ1) is 9.91. The molecule has 0 aromatic heterocycles. The zero-order valence-corrected chi connectivity index (χ0v) is 12.0. The van der Waals surface area contributed by atoms with E-state index in [0.29, 0.717) is 66.2 Å².